The summed E-state index contributed by atoms with van der Waals surface area (Å²) < 4.78 is 5.15. The van der Waals surface area contributed by atoms with E-state index in [4.69, 9.17) is 10.5 Å². The van der Waals surface area contributed by atoms with Crippen molar-refractivity contribution in [3.8, 4) is 0 Å². The Morgan fingerprint density at radius 1 is 0.857 bits per heavy atom. The number of hydrogen-bond acceptors (Lipinski definition) is 3. The third kappa shape index (κ3) is 4.99. The highest BCUT2D eigenvalue weighted by Gasteiger charge is 2.32. The van der Waals surface area contributed by atoms with Gasteiger partial charge in [0.1, 0.15) is 13.2 Å². The Balaban J connectivity index is 1.95. The predicted molar refractivity (Wildman–Crippen MR) is 80.6 cm³/mol. The molecule has 5 nitrogen and oxygen atoms in total. The average molecular weight is 296 g/mol. The molecule has 0 atom stereocenters. The van der Waals surface area contributed by atoms with Crippen molar-refractivity contribution in [3.63, 3.8) is 0 Å². The van der Waals surface area contributed by atoms with Crippen molar-refractivity contribution in [1.82, 2.24) is 4.90 Å². The first-order chi connectivity index (χ1) is 10.2. The Morgan fingerprint density at radius 2 is 1.33 bits per heavy atom. The van der Waals surface area contributed by atoms with Gasteiger partial charge in [0.25, 0.3) is 0 Å². The number of carbonyl (C=O) groups is 2. The van der Waals surface area contributed by atoms with Crippen molar-refractivity contribution in [3.05, 3.63) is 0 Å². The highest BCUT2D eigenvalue weighted by molar-refractivity contribution is 5.79. The van der Waals surface area contributed by atoms with Crippen LogP contribution in [0.5, 0.6) is 0 Å². The van der Waals surface area contributed by atoms with Gasteiger partial charge in [-0.2, -0.15) is 0 Å². The van der Waals surface area contributed by atoms with Crippen LogP contribution in [0.25, 0.3) is 0 Å². The zero-order valence-electron chi connectivity index (χ0n) is 12.9. The molecule has 2 fully saturated rings. The van der Waals surface area contributed by atoms with E-state index in [0.717, 1.165) is 25.7 Å². The molecule has 21 heavy (non-hydrogen) atoms. The van der Waals surface area contributed by atoms with Crippen LogP contribution in [-0.4, -0.2) is 42.0 Å². The van der Waals surface area contributed by atoms with Crippen molar-refractivity contribution in [2.24, 2.45) is 5.73 Å². The summed E-state index contributed by atoms with van der Waals surface area (Å²) in [6, 6.07) is 0.734. The normalized spacial score (nSPS) is 21.1. The number of amides is 2. The molecule has 5 heteroatoms. The SMILES string of the molecule is NC(=O)COCC(=O)N(C1CCCCC1)C1CCCCC1. The van der Waals surface area contributed by atoms with Crippen LogP contribution in [-0.2, 0) is 14.3 Å². The molecule has 0 heterocycles. The molecule has 2 amide bonds. The topological polar surface area (TPSA) is 72.6 Å². The molecule has 0 spiro atoms. The highest BCUT2D eigenvalue weighted by atomic mass is 16.5. The standard InChI is InChI=1S/C16H28N2O3/c17-15(19)11-21-12-16(20)18(13-7-3-1-4-8-13)14-9-5-2-6-10-14/h13-14H,1-12H2,(H2,17,19). The van der Waals surface area contributed by atoms with Gasteiger partial charge in [0.15, 0.2) is 0 Å². The summed E-state index contributed by atoms with van der Waals surface area (Å²) in [7, 11) is 0. The minimum atomic E-state index is -0.523. The van der Waals surface area contributed by atoms with Gasteiger partial charge in [-0.1, -0.05) is 38.5 Å². The lowest BCUT2D eigenvalue weighted by atomic mass is 9.88. The molecule has 2 aliphatic rings. The number of nitrogens with zero attached hydrogens (tertiary/aromatic N) is 1. The van der Waals surface area contributed by atoms with Crippen LogP contribution in [0.15, 0.2) is 0 Å². The van der Waals surface area contributed by atoms with E-state index in [0.29, 0.717) is 12.1 Å². The second-order valence-electron chi connectivity index (χ2n) is 6.34. The smallest absolute Gasteiger partial charge is 0.249 e. The number of ether oxygens (including phenoxy) is 1. The van der Waals surface area contributed by atoms with E-state index in [1.54, 1.807) is 0 Å². The van der Waals surface area contributed by atoms with Crippen LogP contribution in [0.3, 0.4) is 0 Å². The summed E-state index contributed by atoms with van der Waals surface area (Å²) >= 11 is 0. The van der Waals surface area contributed by atoms with Crippen LogP contribution >= 0.6 is 0 Å². The van der Waals surface area contributed by atoms with E-state index in [1.165, 1.54) is 38.5 Å². The zero-order chi connectivity index (χ0) is 15.1. The van der Waals surface area contributed by atoms with Gasteiger partial charge in [-0.25, -0.2) is 0 Å². The molecule has 0 aromatic carbocycles. The Bertz CT molecular complexity index is 329. The number of hydrogen-bond donors (Lipinski definition) is 1. The van der Waals surface area contributed by atoms with Crippen LogP contribution in [0, 0.1) is 0 Å². The van der Waals surface area contributed by atoms with E-state index >= 15 is 0 Å². The summed E-state index contributed by atoms with van der Waals surface area (Å²) in [6.07, 6.45) is 11.8. The van der Waals surface area contributed by atoms with E-state index in [-0.39, 0.29) is 19.1 Å². The van der Waals surface area contributed by atoms with E-state index in [2.05, 4.69) is 4.90 Å². The first-order valence-corrected chi connectivity index (χ1v) is 8.35. The summed E-state index contributed by atoms with van der Waals surface area (Å²) in [5.74, 6) is -0.486. The van der Waals surface area contributed by atoms with Gasteiger partial charge >= 0.3 is 0 Å². The molecular formula is C16H28N2O3. The van der Waals surface area contributed by atoms with Crippen molar-refractivity contribution in [2.75, 3.05) is 13.2 Å². The number of nitrogens with two attached hydrogens (primary N) is 1. The van der Waals surface area contributed by atoms with Crippen LogP contribution < -0.4 is 5.73 Å². The first-order valence-electron chi connectivity index (χ1n) is 8.35. The van der Waals surface area contributed by atoms with Crippen LogP contribution in [0.4, 0.5) is 0 Å². The van der Waals surface area contributed by atoms with Gasteiger partial charge in [0.2, 0.25) is 11.8 Å². The molecule has 0 saturated heterocycles. The lowest BCUT2D eigenvalue weighted by Crippen LogP contribution is -2.50. The maximum atomic E-state index is 12.6. The molecule has 2 N–H and O–H groups in total. The number of rotatable bonds is 6. The Hall–Kier alpha value is -1.10. The molecule has 0 bridgehead atoms. The quantitative estimate of drug-likeness (QED) is 0.814. The Morgan fingerprint density at radius 3 is 1.76 bits per heavy atom. The molecule has 2 aliphatic carbocycles. The monoisotopic (exact) mass is 296 g/mol. The molecule has 2 saturated carbocycles. The number of primary amides is 1. The van der Waals surface area contributed by atoms with Crippen molar-refractivity contribution >= 4 is 11.8 Å². The van der Waals surface area contributed by atoms with Crippen molar-refractivity contribution in [2.45, 2.75) is 76.3 Å². The fourth-order valence-electron chi connectivity index (χ4n) is 3.74. The molecule has 120 valence electrons. The Labute approximate surface area is 127 Å². The van der Waals surface area contributed by atoms with Gasteiger partial charge in [-0.05, 0) is 25.7 Å². The van der Waals surface area contributed by atoms with Crippen LogP contribution in [0.1, 0.15) is 64.2 Å². The lowest BCUT2D eigenvalue weighted by Gasteiger charge is -2.41. The molecule has 0 unspecified atom stereocenters. The minimum absolute atomic E-state index is 0.0179. The summed E-state index contributed by atoms with van der Waals surface area (Å²) in [5, 5.41) is 0. The third-order valence-electron chi connectivity index (χ3n) is 4.69. The average Bonchev–Trinajstić information content (AvgIpc) is 2.49. The molecule has 0 aliphatic heterocycles. The summed E-state index contributed by atoms with van der Waals surface area (Å²) in [4.78, 5) is 25.4. The summed E-state index contributed by atoms with van der Waals surface area (Å²) in [6.45, 7) is -0.190. The molecule has 0 aromatic rings. The van der Waals surface area contributed by atoms with Gasteiger partial charge in [0, 0.05) is 12.1 Å². The second-order valence-corrected chi connectivity index (χ2v) is 6.34. The van der Waals surface area contributed by atoms with Crippen LogP contribution in [0.2, 0.25) is 0 Å². The minimum Gasteiger partial charge on any atom is -0.368 e. The van der Waals surface area contributed by atoms with Gasteiger partial charge in [-0.3, -0.25) is 9.59 Å². The Kier molecular flexibility index (Phi) is 6.49. The molecule has 0 aromatic heterocycles. The van der Waals surface area contributed by atoms with E-state index in [9.17, 15) is 9.59 Å². The van der Waals surface area contributed by atoms with Crippen molar-refractivity contribution in [1.29, 1.82) is 0 Å². The molecule has 2 rings (SSSR count). The zero-order valence-corrected chi connectivity index (χ0v) is 12.9. The highest BCUT2D eigenvalue weighted by Crippen LogP contribution is 2.30. The van der Waals surface area contributed by atoms with E-state index < -0.39 is 5.91 Å². The molecular weight excluding hydrogens is 268 g/mol. The molecule has 0 radical (unpaired) electrons. The maximum absolute atomic E-state index is 12.6. The first kappa shape index (κ1) is 16.3. The third-order valence-corrected chi connectivity index (χ3v) is 4.69. The van der Waals surface area contributed by atoms with Crippen molar-refractivity contribution < 1.29 is 14.3 Å². The van der Waals surface area contributed by atoms with Gasteiger partial charge < -0.3 is 15.4 Å². The van der Waals surface area contributed by atoms with E-state index in [1.807, 2.05) is 0 Å². The maximum Gasteiger partial charge on any atom is 0.249 e. The lowest BCUT2D eigenvalue weighted by molar-refractivity contribution is -0.144. The second kappa shape index (κ2) is 8.37. The van der Waals surface area contributed by atoms with Gasteiger partial charge in [0.05, 0.1) is 0 Å². The predicted octanol–water partition coefficient (Wildman–Crippen LogP) is 1.98. The summed E-state index contributed by atoms with van der Waals surface area (Å²) in [5.41, 5.74) is 5.05. The fraction of sp³-hybridized carbons (Fsp3) is 0.875. The fourth-order valence-corrected chi connectivity index (χ4v) is 3.74. The van der Waals surface area contributed by atoms with Gasteiger partial charge in [-0.15, -0.1) is 0 Å². The largest absolute Gasteiger partial charge is 0.368 e. The number of carbonyl (C=O) groups excluding carboxylic acids is 2.